The Morgan fingerprint density at radius 1 is 1.10 bits per heavy atom. The number of piperidine rings is 1. The molecular formula is C22H31N3O4. The van der Waals surface area contributed by atoms with Crippen molar-refractivity contribution >= 4 is 24.0 Å². The second kappa shape index (κ2) is 10.6. The standard InChI is InChI=1S/C22H31N3O4/c1-22(2,3)29-21(28)24-16-19(26)23-15-18-11-13-25(14-12-18)20(27)10-9-17-7-5-4-6-8-17/h4-10,18H,11-16H2,1-3H3,(H,23,26)(H,24,28)/b10-9+. The quantitative estimate of drug-likeness (QED) is 0.717. The Morgan fingerprint density at radius 3 is 2.38 bits per heavy atom. The van der Waals surface area contributed by atoms with E-state index in [0.717, 1.165) is 18.4 Å². The maximum Gasteiger partial charge on any atom is 0.408 e. The Morgan fingerprint density at radius 2 is 1.76 bits per heavy atom. The molecule has 0 radical (unpaired) electrons. The number of amides is 3. The van der Waals surface area contributed by atoms with Crippen LogP contribution in [0, 0.1) is 5.92 Å². The second-order valence-corrected chi connectivity index (χ2v) is 8.17. The van der Waals surface area contributed by atoms with E-state index in [4.69, 9.17) is 4.74 Å². The lowest BCUT2D eigenvalue weighted by molar-refractivity contribution is -0.127. The van der Waals surface area contributed by atoms with Crippen molar-refractivity contribution in [3.8, 4) is 0 Å². The molecule has 7 nitrogen and oxygen atoms in total. The molecule has 29 heavy (non-hydrogen) atoms. The predicted molar refractivity (Wildman–Crippen MR) is 112 cm³/mol. The SMILES string of the molecule is CC(C)(C)OC(=O)NCC(=O)NCC1CCN(C(=O)/C=C/c2ccccc2)CC1. The van der Waals surface area contributed by atoms with Crippen molar-refractivity contribution < 1.29 is 19.1 Å². The summed E-state index contributed by atoms with van der Waals surface area (Å²) in [5, 5.41) is 5.28. The third-order valence-electron chi connectivity index (χ3n) is 4.52. The van der Waals surface area contributed by atoms with Gasteiger partial charge in [-0.15, -0.1) is 0 Å². The van der Waals surface area contributed by atoms with Crippen LogP contribution in [0.1, 0.15) is 39.2 Å². The minimum Gasteiger partial charge on any atom is -0.444 e. The van der Waals surface area contributed by atoms with Crippen LogP contribution < -0.4 is 10.6 Å². The molecule has 1 saturated heterocycles. The summed E-state index contributed by atoms with van der Waals surface area (Å²) in [4.78, 5) is 37.6. The van der Waals surface area contributed by atoms with Crippen molar-refractivity contribution in [2.75, 3.05) is 26.2 Å². The van der Waals surface area contributed by atoms with Gasteiger partial charge in [0.25, 0.3) is 0 Å². The highest BCUT2D eigenvalue weighted by molar-refractivity contribution is 5.91. The number of benzene rings is 1. The highest BCUT2D eigenvalue weighted by Crippen LogP contribution is 2.17. The van der Waals surface area contributed by atoms with Crippen LogP contribution in [0.25, 0.3) is 6.08 Å². The van der Waals surface area contributed by atoms with Crippen LogP contribution in [0.2, 0.25) is 0 Å². The molecule has 1 aromatic rings. The Hall–Kier alpha value is -2.83. The molecule has 0 spiro atoms. The van der Waals surface area contributed by atoms with Gasteiger partial charge in [-0.3, -0.25) is 9.59 Å². The van der Waals surface area contributed by atoms with Gasteiger partial charge in [-0.25, -0.2) is 4.79 Å². The van der Waals surface area contributed by atoms with Gasteiger partial charge in [-0.2, -0.15) is 0 Å². The highest BCUT2D eigenvalue weighted by atomic mass is 16.6. The van der Waals surface area contributed by atoms with Crippen LogP contribution in [-0.2, 0) is 14.3 Å². The van der Waals surface area contributed by atoms with Gasteiger partial charge >= 0.3 is 6.09 Å². The van der Waals surface area contributed by atoms with E-state index in [-0.39, 0.29) is 18.4 Å². The van der Waals surface area contributed by atoms with Gasteiger partial charge in [0.2, 0.25) is 11.8 Å². The lowest BCUT2D eigenvalue weighted by Gasteiger charge is -2.31. The first kappa shape index (κ1) is 22.5. The largest absolute Gasteiger partial charge is 0.444 e. The minimum atomic E-state index is -0.608. The average Bonchev–Trinajstić information content (AvgIpc) is 2.69. The Balaban J connectivity index is 1.64. The molecule has 2 rings (SSSR count). The molecule has 0 bridgehead atoms. The number of likely N-dealkylation sites (tertiary alicyclic amines) is 1. The van der Waals surface area contributed by atoms with E-state index in [2.05, 4.69) is 10.6 Å². The molecule has 0 saturated carbocycles. The molecule has 7 heteroatoms. The van der Waals surface area contributed by atoms with Crippen LogP contribution in [0.15, 0.2) is 36.4 Å². The summed E-state index contributed by atoms with van der Waals surface area (Å²) in [6, 6.07) is 9.73. The van der Waals surface area contributed by atoms with Crippen molar-refractivity contribution in [2.24, 2.45) is 5.92 Å². The topological polar surface area (TPSA) is 87.7 Å². The first-order valence-corrected chi connectivity index (χ1v) is 9.98. The van der Waals surface area contributed by atoms with Crippen LogP contribution in [0.3, 0.4) is 0 Å². The maximum absolute atomic E-state index is 12.3. The van der Waals surface area contributed by atoms with Crippen LogP contribution in [0.5, 0.6) is 0 Å². The fourth-order valence-corrected chi connectivity index (χ4v) is 2.98. The zero-order chi connectivity index (χ0) is 21.3. The first-order chi connectivity index (χ1) is 13.7. The van der Waals surface area contributed by atoms with Crippen LogP contribution in [-0.4, -0.2) is 54.6 Å². The van der Waals surface area contributed by atoms with E-state index in [1.165, 1.54) is 0 Å². The van der Waals surface area contributed by atoms with E-state index in [9.17, 15) is 14.4 Å². The molecule has 1 aromatic carbocycles. The Labute approximate surface area is 172 Å². The number of hydrogen-bond acceptors (Lipinski definition) is 4. The molecule has 3 amide bonds. The third kappa shape index (κ3) is 8.81. The molecule has 1 fully saturated rings. The molecule has 158 valence electrons. The summed E-state index contributed by atoms with van der Waals surface area (Å²) in [5.41, 5.74) is 0.404. The van der Waals surface area contributed by atoms with E-state index in [1.54, 1.807) is 26.8 Å². The summed E-state index contributed by atoms with van der Waals surface area (Å²) < 4.78 is 5.09. The van der Waals surface area contributed by atoms with Crippen molar-refractivity contribution in [3.05, 3.63) is 42.0 Å². The number of carbonyl (C=O) groups excluding carboxylic acids is 3. The number of nitrogens with one attached hydrogen (secondary N) is 2. The minimum absolute atomic E-state index is 0.0119. The number of hydrogen-bond donors (Lipinski definition) is 2. The number of nitrogens with zero attached hydrogens (tertiary/aromatic N) is 1. The Kier molecular flexibility index (Phi) is 8.24. The van der Waals surface area contributed by atoms with E-state index >= 15 is 0 Å². The summed E-state index contributed by atoms with van der Waals surface area (Å²) in [6.07, 6.45) is 4.50. The molecule has 0 aromatic heterocycles. The molecule has 1 aliphatic heterocycles. The molecule has 0 atom stereocenters. The van der Waals surface area contributed by atoms with Crippen molar-refractivity contribution in [3.63, 3.8) is 0 Å². The van der Waals surface area contributed by atoms with Gasteiger partial charge in [0.15, 0.2) is 0 Å². The van der Waals surface area contributed by atoms with Gasteiger partial charge < -0.3 is 20.3 Å². The fraction of sp³-hybridized carbons (Fsp3) is 0.500. The first-order valence-electron chi connectivity index (χ1n) is 9.98. The summed E-state index contributed by atoms with van der Waals surface area (Å²) >= 11 is 0. The molecule has 0 aliphatic carbocycles. The van der Waals surface area contributed by atoms with Gasteiger partial charge in [0.1, 0.15) is 5.60 Å². The average molecular weight is 402 g/mol. The van der Waals surface area contributed by atoms with E-state index in [1.807, 2.05) is 41.3 Å². The summed E-state index contributed by atoms with van der Waals surface area (Å²) in [7, 11) is 0. The zero-order valence-corrected chi connectivity index (χ0v) is 17.4. The number of carbonyl (C=O) groups is 3. The monoisotopic (exact) mass is 401 g/mol. The molecule has 1 heterocycles. The summed E-state index contributed by atoms with van der Waals surface area (Å²) in [6.45, 7) is 7.07. The van der Waals surface area contributed by atoms with Crippen LogP contribution >= 0.6 is 0 Å². The molecular weight excluding hydrogens is 370 g/mol. The lowest BCUT2D eigenvalue weighted by Crippen LogP contribution is -2.43. The summed E-state index contributed by atoms with van der Waals surface area (Å²) in [5.74, 6) is 0.0840. The third-order valence-corrected chi connectivity index (χ3v) is 4.52. The number of alkyl carbamates (subject to hydrolysis) is 1. The van der Waals surface area contributed by atoms with E-state index in [0.29, 0.717) is 25.6 Å². The smallest absolute Gasteiger partial charge is 0.408 e. The van der Waals surface area contributed by atoms with Gasteiger partial charge in [0, 0.05) is 25.7 Å². The van der Waals surface area contributed by atoms with Crippen molar-refractivity contribution in [2.45, 2.75) is 39.2 Å². The van der Waals surface area contributed by atoms with Gasteiger partial charge in [-0.05, 0) is 51.2 Å². The molecule has 0 unspecified atom stereocenters. The molecule has 1 aliphatic rings. The Bertz CT molecular complexity index is 717. The number of rotatable bonds is 6. The fourth-order valence-electron chi connectivity index (χ4n) is 2.98. The maximum atomic E-state index is 12.3. The van der Waals surface area contributed by atoms with Gasteiger partial charge in [-0.1, -0.05) is 30.3 Å². The predicted octanol–water partition coefficient (Wildman–Crippen LogP) is 2.58. The van der Waals surface area contributed by atoms with Crippen molar-refractivity contribution in [1.82, 2.24) is 15.5 Å². The second-order valence-electron chi connectivity index (χ2n) is 8.17. The lowest BCUT2D eigenvalue weighted by atomic mass is 9.96. The zero-order valence-electron chi connectivity index (χ0n) is 17.4. The number of ether oxygens (including phenoxy) is 1. The normalized spacial score (nSPS) is 15.2. The van der Waals surface area contributed by atoms with E-state index < -0.39 is 11.7 Å². The van der Waals surface area contributed by atoms with Crippen LogP contribution in [0.4, 0.5) is 4.79 Å². The molecule has 2 N–H and O–H groups in total. The highest BCUT2D eigenvalue weighted by Gasteiger charge is 2.22. The van der Waals surface area contributed by atoms with Gasteiger partial charge in [0.05, 0.1) is 6.54 Å². The van der Waals surface area contributed by atoms with Crippen molar-refractivity contribution in [1.29, 1.82) is 0 Å².